The first kappa shape index (κ1) is 19.2. The molecule has 0 radical (unpaired) electrons. The molecule has 0 bridgehead atoms. The van der Waals surface area contributed by atoms with Crippen LogP contribution in [0.15, 0.2) is 46.0 Å². The Morgan fingerprint density at radius 1 is 1.12 bits per heavy atom. The van der Waals surface area contributed by atoms with Gasteiger partial charge >= 0.3 is 11.8 Å². The van der Waals surface area contributed by atoms with Gasteiger partial charge in [0.25, 0.3) is 0 Å². The van der Waals surface area contributed by atoms with Gasteiger partial charge in [-0.15, -0.1) is 0 Å². The van der Waals surface area contributed by atoms with E-state index >= 15 is 0 Å². The number of anilines is 1. The second-order valence-electron chi connectivity index (χ2n) is 4.67. The number of rotatable bonds is 4. The Balaban J connectivity index is 1.98. The minimum atomic E-state index is -0.934. The van der Waals surface area contributed by atoms with E-state index in [0.29, 0.717) is 22.0 Å². The molecule has 2 aromatic carbocycles. The molecule has 0 saturated carbocycles. The van der Waals surface area contributed by atoms with E-state index in [9.17, 15) is 9.59 Å². The van der Waals surface area contributed by atoms with Crippen LogP contribution >= 0.6 is 39.1 Å². The van der Waals surface area contributed by atoms with Crippen LogP contribution in [0.1, 0.15) is 5.56 Å². The molecule has 9 heteroatoms. The van der Waals surface area contributed by atoms with Crippen LogP contribution in [0.4, 0.5) is 5.69 Å². The van der Waals surface area contributed by atoms with E-state index in [4.69, 9.17) is 27.9 Å². The quantitative estimate of drug-likeness (QED) is 0.427. The van der Waals surface area contributed by atoms with Gasteiger partial charge in [-0.2, -0.15) is 5.10 Å². The molecule has 0 aliphatic heterocycles. The molecule has 0 aromatic heterocycles. The highest BCUT2D eigenvalue weighted by molar-refractivity contribution is 9.10. The molecule has 6 nitrogen and oxygen atoms in total. The highest BCUT2D eigenvalue weighted by Crippen LogP contribution is 2.25. The maximum Gasteiger partial charge on any atom is 0.329 e. The van der Waals surface area contributed by atoms with Gasteiger partial charge in [0.1, 0.15) is 5.75 Å². The minimum absolute atomic E-state index is 0.264. The predicted octanol–water partition coefficient (Wildman–Crippen LogP) is 3.85. The summed E-state index contributed by atoms with van der Waals surface area (Å²) in [5.74, 6) is -1.26. The molecule has 0 saturated heterocycles. The summed E-state index contributed by atoms with van der Waals surface area (Å²) in [7, 11) is 1.52. The fraction of sp³-hybridized carbons (Fsp3) is 0.0625. The summed E-state index contributed by atoms with van der Waals surface area (Å²) >= 11 is 15.0. The van der Waals surface area contributed by atoms with Crippen molar-refractivity contribution >= 4 is 62.8 Å². The maximum atomic E-state index is 11.8. The molecule has 0 atom stereocenters. The van der Waals surface area contributed by atoms with Gasteiger partial charge in [-0.05, 0) is 36.4 Å². The number of benzene rings is 2. The van der Waals surface area contributed by atoms with Gasteiger partial charge in [0.05, 0.1) is 23.4 Å². The molecule has 0 fully saturated rings. The summed E-state index contributed by atoms with van der Waals surface area (Å²) in [6.45, 7) is 0. The van der Waals surface area contributed by atoms with Crippen molar-refractivity contribution in [2.24, 2.45) is 5.10 Å². The average molecular weight is 445 g/mol. The van der Waals surface area contributed by atoms with Crippen LogP contribution in [0.3, 0.4) is 0 Å². The number of hydrogen-bond acceptors (Lipinski definition) is 4. The Labute approximate surface area is 162 Å². The number of hydrazone groups is 1. The highest BCUT2D eigenvalue weighted by atomic mass is 79.9. The van der Waals surface area contributed by atoms with E-state index in [0.717, 1.165) is 4.47 Å². The molecule has 130 valence electrons. The highest BCUT2D eigenvalue weighted by Gasteiger charge is 2.13. The first-order chi connectivity index (χ1) is 11.9. The molecule has 0 unspecified atom stereocenters. The molecule has 0 aliphatic rings. The Kier molecular flexibility index (Phi) is 6.81. The maximum absolute atomic E-state index is 11.8. The Bertz CT molecular complexity index is 843. The van der Waals surface area contributed by atoms with E-state index in [2.05, 4.69) is 31.8 Å². The Morgan fingerprint density at radius 2 is 1.88 bits per heavy atom. The third kappa shape index (κ3) is 5.45. The fourth-order valence-corrected chi connectivity index (χ4v) is 2.46. The molecule has 0 heterocycles. The normalized spacial score (nSPS) is 10.6. The zero-order chi connectivity index (χ0) is 18.4. The zero-order valence-electron chi connectivity index (χ0n) is 12.8. The van der Waals surface area contributed by atoms with Crippen LogP contribution in [0.5, 0.6) is 5.75 Å². The van der Waals surface area contributed by atoms with Gasteiger partial charge in [0, 0.05) is 15.7 Å². The molecular weight excluding hydrogens is 433 g/mol. The molecule has 25 heavy (non-hydrogen) atoms. The summed E-state index contributed by atoms with van der Waals surface area (Å²) in [6, 6.07) is 9.77. The predicted molar refractivity (Wildman–Crippen MR) is 102 cm³/mol. The first-order valence-electron chi connectivity index (χ1n) is 6.83. The Morgan fingerprint density at radius 3 is 2.56 bits per heavy atom. The number of methoxy groups -OCH3 is 1. The number of nitrogens with zero attached hydrogens (tertiary/aromatic N) is 1. The SMILES string of the molecule is COc1ccc(Br)cc1/C=N/NC(=O)C(=O)Nc1ccc(Cl)c(Cl)c1. The molecule has 0 aliphatic carbocycles. The summed E-state index contributed by atoms with van der Waals surface area (Å²) in [5, 5.41) is 6.75. The first-order valence-corrected chi connectivity index (χ1v) is 8.38. The van der Waals surface area contributed by atoms with Gasteiger partial charge in [0.2, 0.25) is 0 Å². The van der Waals surface area contributed by atoms with E-state index in [1.54, 1.807) is 18.2 Å². The number of hydrogen-bond donors (Lipinski definition) is 2. The average Bonchev–Trinajstić information content (AvgIpc) is 2.58. The summed E-state index contributed by atoms with van der Waals surface area (Å²) in [5.41, 5.74) is 3.10. The van der Waals surface area contributed by atoms with Crippen LogP contribution in [0.2, 0.25) is 10.0 Å². The smallest absolute Gasteiger partial charge is 0.329 e. The molecule has 2 rings (SSSR count). The van der Waals surface area contributed by atoms with E-state index in [1.807, 2.05) is 0 Å². The van der Waals surface area contributed by atoms with Gasteiger partial charge < -0.3 is 10.1 Å². The van der Waals surface area contributed by atoms with E-state index in [-0.39, 0.29) is 5.02 Å². The number of halogens is 3. The van der Waals surface area contributed by atoms with E-state index in [1.165, 1.54) is 31.5 Å². The lowest BCUT2D eigenvalue weighted by atomic mass is 10.2. The molecule has 2 N–H and O–H groups in total. The van der Waals surface area contributed by atoms with Gasteiger partial charge in [-0.25, -0.2) is 5.43 Å². The van der Waals surface area contributed by atoms with Crippen LogP contribution in [-0.4, -0.2) is 25.1 Å². The second kappa shape index (κ2) is 8.84. The molecule has 0 spiro atoms. The van der Waals surface area contributed by atoms with Crippen LogP contribution in [0.25, 0.3) is 0 Å². The molecule has 2 amide bonds. The lowest BCUT2D eigenvalue weighted by molar-refractivity contribution is -0.136. The van der Waals surface area contributed by atoms with Crippen LogP contribution in [-0.2, 0) is 9.59 Å². The van der Waals surface area contributed by atoms with Crippen molar-refractivity contribution in [3.63, 3.8) is 0 Å². The van der Waals surface area contributed by atoms with Crippen molar-refractivity contribution in [3.8, 4) is 5.75 Å². The van der Waals surface area contributed by atoms with Crippen molar-refractivity contribution in [2.75, 3.05) is 12.4 Å². The largest absolute Gasteiger partial charge is 0.496 e. The van der Waals surface area contributed by atoms with E-state index < -0.39 is 11.8 Å². The zero-order valence-corrected chi connectivity index (χ0v) is 15.9. The summed E-state index contributed by atoms with van der Waals surface area (Å²) < 4.78 is 6.00. The molecule has 2 aromatic rings. The van der Waals surface area contributed by atoms with Crippen molar-refractivity contribution < 1.29 is 14.3 Å². The monoisotopic (exact) mass is 443 g/mol. The minimum Gasteiger partial charge on any atom is -0.496 e. The van der Waals surface area contributed by atoms with Crippen LogP contribution < -0.4 is 15.5 Å². The van der Waals surface area contributed by atoms with Crippen molar-refractivity contribution in [3.05, 3.63) is 56.5 Å². The standard InChI is InChI=1S/C16H12BrCl2N3O3/c1-25-14-5-2-10(17)6-9(14)8-20-22-16(24)15(23)21-11-3-4-12(18)13(19)7-11/h2-8H,1H3,(H,21,23)(H,22,24)/b20-8+. The van der Waals surface area contributed by atoms with Crippen molar-refractivity contribution in [1.29, 1.82) is 0 Å². The molecular formula is C16H12BrCl2N3O3. The number of carbonyl (C=O) groups excluding carboxylic acids is 2. The number of amides is 2. The Hall–Kier alpha value is -2.09. The lowest BCUT2D eigenvalue weighted by Gasteiger charge is -2.06. The van der Waals surface area contributed by atoms with Gasteiger partial charge in [-0.1, -0.05) is 39.1 Å². The van der Waals surface area contributed by atoms with Crippen molar-refractivity contribution in [2.45, 2.75) is 0 Å². The third-order valence-electron chi connectivity index (χ3n) is 2.95. The van der Waals surface area contributed by atoms with Crippen LogP contribution in [0, 0.1) is 0 Å². The summed E-state index contributed by atoms with van der Waals surface area (Å²) in [6.07, 6.45) is 1.37. The topological polar surface area (TPSA) is 79.8 Å². The number of carbonyl (C=O) groups is 2. The number of ether oxygens (including phenoxy) is 1. The van der Waals surface area contributed by atoms with Gasteiger partial charge in [0.15, 0.2) is 0 Å². The third-order valence-corrected chi connectivity index (χ3v) is 4.18. The fourth-order valence-electron chi connectivity index (χ4n) is 1.78. The number of nitrogens with one attached hydrogen (secondary N) is 2. The second-order valence-corrected chi connectivity index (χ2v) is 6.40. The summed E-state index contributed by atoms with van der Waals surface area (Å²) in [4.78, 5) is 23.6. The lowest BCUT2D eigenvalue weighted by Crippen LogP contribution is -2.32. The van der Waals surface area contributed by atoms with Gasteiger partial charge in [-0.3, -0.25) is 9.59 Å². The van der Waals surface area contributed by atoms with Crippen molar-refractivity contribution in [1.82, 2.24) is 5.43 Å².